The summed E-state index contributed by atoms with van der Waals surface area (Å²) in [4.78, 5) is 0.282. The van der Waals surface area contributed by atoms with E-state index in [2.05, 4.69) is 47.1 Å². The number of hydrogen-bond donors (Lipinski definition) is 0. The van der Waals surface area contributed by atoms with Gasteiger partial charge in [0.25, 0.3) is 0 Å². The van der Waals surface area contributed by atoms with E-state index < -0.39 is 0 Å². The van der Waals surface area contributed by atoms with Gasteiger partial charge in [0.05, 0.1) is 0 Å². The molecule has 0 saturated heterocycles. The molecule has 0 spiro atoms. The predicted octanol–water partition coefficient (Wildman–Crippen LogP) is 5.46. The predicted molar refractivity (Wildman–Crippen MR) is 74.2 cm³/mol. The lowest BCUT2D eigenvalue weighted by atomic mass is 10.0. The van der Waals surface area contributed by atoms with Gasteiger partial charge in [-0.1, -0.05) is 70.0 Å². The Morgan fingerprint density at radius 1 is 1.00 bits per heavy atom. The smallest absolute Gasteiger partial charge is 0.0455 e. The van der Waals surface area contributed by atoms with Crippen molar-refractivity contribution in [1.29, 1.82) is 0 Å². The molecule has 0 aliphatic heterocycles. The third-order valence-corrected chi connectivity index (χ3v) is 3.36. The lowest BCUT2D eigenvalue weighted by Crippen LogP contribution is -1.86. The monoisotopic (exact) mass is 294 g/mol. The average molecular weight is 296 g/mol. The SMILES string of the molecule is CC(Br)c1ccc(-c2ccccc2)cc1Cl. The fraction of sp³-hybridized carbons (Fsp3) is 0.143. The van der Waals surface area contributed by atoms with Crippen molar-refractivity contribution in [2.75, 3.05) is 0 Å². The van der Waals surface area contributed by atoms with Gasteiger partial charge in [0.2, 0.25) is 0 Å². The van der Waals surface area contributed by atoms with E-state index in [0.29, 0.717) is 0 Å². The first-order valence-electron chi connectivity index (χ1n) is 5.17. The summed E-state index contributed by atoms with van der Waals surface area (Å²) in [6.45, 7) is 2.07. The largest absolute Gasteiger partial charge is 0.0841 e. The van der Waals surface area contributed by atoms with Gasteiger partial charge in [-0.25, -0.2) is 0 Å². The van der Waals surface area contributed by atoms with Gasteiger partial charge in [-0.15, -0.1) is 0 Å². The molecule has 2 aromatic carbocycles. The lowest BCUT2D eigenvalue weighted by molar-refractivity contribution is 1.12. The normalized spacial score (nSPS) is 12.4. The highest BCUT2D eigenvalue weighted by Gasteiger charge is 2.07. The van der Waals surface area contributed by atoms with E-state index in [1.807, 2.05) is 24.3 Å². The maximum atomic E-state index is 6.24. The maximum Gasteiger partial charge on any atom is 0.0455 e. The molecule has 0 aliphatic carbocycles. The summed E-state index contributed by atoms with van der Waals surface area (Å²) >= 11 is 9.77. The van der Waals surface area contributed by atoms with Crippen molar-refractivity contribution >= 4 is 27.5 Å². The summed E-state index contributed by atoms with van der Waals surface area (Å²) in [5, 5.41) is 0.811. The van der Waals surface area contributed by atoms with Crippen molar-refractivity contribution in [1.82, 2.24) is 0 Å². The Balaban J connectivity index is 2.43. The molecular weight excluding hydrogens is 284 g/mol. The maximum absolute atomic E-state index is 6.24. The van der Waals surface area contributed by atoms with Gasteiger partial charge in [0.1, 0.15) is 0 Å². The zero-order valence-corrected chi connectivity index (χ0v) is 11.3. The summed E-state index contributed by atoms with van der Waals surface area (Å²) in [6, 6.07) is 16.4. The number of hydrogen-bond acceptors (Lipinski definition) is 0. The van der Waals surface area contributed by atoms with Crippen LogP contribution in [0.25, 0.3) is 11.1 Å². The van der Waals surface area contributed by atoms with Gasteiger partial charge in [-0.2, -0.15) is 0 Å². The van der Waals surface area contributed by atoms with Crippen LogP contribution >= 0.6 is 27.5 Å². The van der Waals surface area contributed by atoms with Crippen LogP contribution in [-0.2, 0) is 0 Å². The second kappa shape index (κ2) is 5.03. The Kier molecular flexibility index (Phi) is 3.67. The van der Waals surface area contributed by atoms with Gasteiger partial charge in [-0.05, 0) is 29.7 Å². The molecule has 0 N–H and O–H groups in total. The Morgan fingerprint density at radius 3 is 2.25 bits per heavy atom. The highest BCUT2D eigenvalue weighted by molar-refractivity contribution is 9.09. The molecule has 0 bridgehead atoms. The molecule has 0 heterocycles. The van der Waals surface area contributed by atoms with E-state index >= 15 is 0 Å². The fourth-order valence-corrected chi connectivity index (χ4v) is 2.54. The van der Waals surface area contributed by atoms with E-state index in [1.54, 1.807) is 0 Å². The quantitative estimate of drug-likeness (QED) is 0.645. The van der Waals surface area contributed by atoms with Crippen LogP contribution in [-0.4, -0.2) is 0 Å². The van der Waals surface area contributed by atoms with E-state index in [1.165, 1.54) is 5.56 Å². The summed E-state index contributed by atoms with van der Waals surface area (Å²) in [6.07, 6.45) is 0. The molecule has 0 aromatic heterocycles. The van der Waals surface area contributed by atoms with Crippen molar-refractivity contribution < 1.29 is 0 Å². The second-order valence-electron chi connectivity index (χ2n) is 3.72. The molecule has 0 aliphatic rings. The van der Waals surface area contributed by atoms with Crippen LogP contribution < -0.4 is 0 Å². The number of rotatable bonds is 2. The summed E-state index contributed by atoms with van der Waals surface area (Å²) in [5.41, 5.74) is 3.47. The second-order valence-corrected chi connectivity index (χ2v) is 5.50. The Hall–Kier alpha value is -0.790. The third kappa shape index (κ3) is 2.47. The van der Waals surface area contributed by atoms with Crippen LogP contribution in [0.3, 0.4) is 0 Å². The van der Waals surface area contributed by atoms with E-state index in [0.717, 1.165) is 16.1 Å². The minimum atomic E-state index is 0.282. The molecule has 2 aromatic rings. The molecule has 0 radical (unpaired) electrons. The van der Waals surface area contributed by atoms with Crippen LogP contribution in [0.4, 0.5) is 0 Å². The Morgan fingerprint density at radius 2 is 1.69 bits per heavy atom. The van der Waals surface area contributed by atoms with Gasteiger partial charge in [-0.3, -0.25) is 0 Å². The van der Waals surface area contributed by atoms with Crippen molar-refractivity contribution in [3.63, 3.8) is 0 Å². The molecule has 2 heteroatoms. The molecule has 0 fully saturated rings. The zero-order valence-electron chi connectivity index (χ0n) is 8.95. The van der Waals surface area contributed by atoms with E-state index in [9.17, 15) is 0 Å². The first kappa shape index (κ1) is 11.7. The molecular formula is C14H12BrCl. The van der Waals surface area contributed by atoms with Crippen LogP contribution in [0.2, 0.25) is 5.02 Å². The summed E-state index contributed by atoms with van der Waals surface area (Å²) < 4.78 is 0. The van der Waals surface area contributed by atoms with Crippen LogP contribution in [0, 0.1) is 0 Å². The van der Waals surface area contributed by atoms with Crippen LogP contribution in [0.15, 0.2) is 48.5 Å². The molecule has 0 saturated carbocycles. The van der Waals surface area contributed by atoms with Crippen LogP contribution in [0.5, 0.6) is 0 Å². The van der Waals surface area contributed by atoms with Gasteiger partial charge in [0.15, 0.2) is 0 Å². The van der Waals surface area contributed by atoms with E-state index in [-0.39, 0.29) is 4.83 Å². The van der Waals surface area contributed by atoms with Crippen molar-refractivity contribution in [3.05, 3.63) is 59.1 Å². The highest BCUT2D eigenvalue weighted by Crippen LogP contribution is 2.32. The minimum Gasteiger partial charge on any atom is -0.0841 e. The molecule has 16 heavy (non-hydrogen) atoms. The van der Waals surface area contributed by atoms with Gasteiger partial charge >= 0.3 is 0 Å². The third-order valence-electron chi connectivity index (χ3n) is 2.54. The molecule has 0 amide bonds. The first-order valence-corrected chi connectivity index (χ1v) is 6.47. The molecule has 1 unspecified atom stereocenters. The summed E-state index contributed by atoms with van der Waals surface area (Å²) in [5.74, 6) is 0. The number of halogens is 2. The minimum absolute atomic E-state index is 0.282. The standard InChI is InChI=1S/C14H12BrCl/c1-10(15)13-8-7-12(9-14(13)16)11-5-3-2-4-6-11/h2-10H,1H3. The van der Waals surface area contributed by atoms with Gasteiger partial charge in [0, 0.05) is 9.85 Å². The van der Waals surface area contributed by atoms with Crippen molar-refractivity contribution in [2.45, 2.75) is 11.8 Å². The number of benzene rings is 2. The fourth-order valence-electron chi connectivity index (χ4n) is 1.66. The molecule has 2 rings (SSSR count). The van der Waals surface area contributed by atoms with Crippen molar-refractivity contribution in [3.8, 4) is 11.1 Å². The molecule has 0 nitrogen and oxygen atoms in total. The number of alkyl halides is 1. The van der Waals surface area contributed by atoms with Gasteiger partial charge < -0.3 is 0 Å². The molecule has 82 valence electrons. The first-order chi connectivity index (χ1) is 7.68. The summed E-state index contributed by atoms with van der Waals surface area (Å²) in [7, 11) is 0. The Bertz CT molecular complexity index is 477. The van der Waals surface area contributed by atoms with E-state index in [4.69, 9.17) is 11.6 Å². The lowest BCUT2D eigenvalue weighted by Gasteiger charge is -2.09. The van der Waals surface area contributed by atoms with Crippen molar-refractivity contribution in [2.24, 2.45) is 0 Å². The molecule has 1 atom stereocenters. The van der Waals surface area contributed by atoms with Crippen LogP contribution in [0.1, 0.15) is 17.3 Å². The zero-order chi connectivity index (χ0) is 11.5. The Labute approximate surface area is 109 Å². The highest BCUT2D eigenvalue weighted by atomic mass is 79.9. The average Bonchev–Trinajstić information content (AvgIpc) is 2.29. The topological polar surface area (TPSA) is 0 Å².